The molecule has 3 N–H and O–H groups in total. The Morgan fingerprint density at radius 1 is 0.868 bits per heavy atom. The maximum absolute atomic E-state index is 14.6. The van der Waals surface area contributed by atoms with Gasteiger partial charge in [-0.3, -0.25) is 15.1 Å². The molecule has 0 spiro atoms. The number of rotatable bonds is 5. The Balaban J connectivity index is 1.26. The van der Waals surface area contributed by atoms with Crippen LogP contribution in [-0.4, -0.2) is 49.3 Å². The SMILES string of the molecule is Fc1ccccc1-c1cncc2[nH]c(-c3n[nH]c4ccc(-c5cncc(OC6CCNCC6)c5)nc34)cc12. The van der Waals surface area contributed by atoms with Gasteiger partial charge in [0.05, 0.1) is 34.8 Å². The Labute approximate surface area is 217 Å². The minimum Gasteiger partial charge on any atom is -0.489 e. The van der Waals surface area contributed by atoms with Gasteiger partial charge in [-0.15, -0.1) is 0 Å². The summed E-state index contributed by atoms with van der Waals surface area (Å²) in [6, 6.07) is 14.6. The van der Waals surface area contributed by atoms with E-state index < -0.39 is 0 Å². The van der Waals surface area contributed by atoms with Crippen molar-refractivity contribution in [3.63, 3.8) is 0 Å². The topological polar surface area (TPSA) is 104 Å². The molecule has 0 bridgehead atoms. The highest BCUT2D eigenvalue weighted by Crippen LogP contribution is 2.34. The molecule has 6 aromatic rings. The monoisotopic (exact) mass is 505 g/mol. The molecule has 6 heterocycles. The highest BCUT2D eigenvalue weighted by molar-refractivity contribution is 6.00. The summed E-state index contributed by atoms with van der Waals surface area (Å²) < 4.78 is 20.8. The van der Waals surface area contributed by atoms with Crippen molar-refractivity contribution in [2.24, 2.45) is 0 Å². The van der Waals surface area contributed by atoms with Gasteiger partial charge in [-0.25, -0.2) is 9.37 Å². The molecule has 7 rings (SSSR count). The van der Waals surface area contributed by atoms with E-state index in [1.165, 1.54) is 6.07 Å². The van der Waals surface area contributed by atoms with Crippen molar-refractivity contribution >= 4 is 21.9 Å². The van der Waals surface area contributed by atoms with Gasteiger partial charge in [0.2, 0.25) is 0 Å². The molecule has 1 aliphatic heterocycles. The predicted molar refractivity (Wildman–Crippen MR) is 144 cm³/mol. The molecule has 38 heavy (non-hydrogen) atoms. The van der Waals surface area contributed by atoms with Crippen LogP contribution in [-0.2, 0) is 0 Å². The van der Waals surface area contributed by atoms with E-state index >= 15 is 0 Å². The van der Waals surface area contributed by atoms with Crippen LogP contribution < -0.4 is 10.1 Å². The third-order valence-electron chi connectivity index (χ3n) is 6.97. The van der Waals surface area contributed by atoms with Crippen LogP contribution in [0.3, 0.4) is 0 Å². The van der Waals surface area contributed by atoms with E-state index in [1.54, 1.807) is 36.9 Å². The van der Waals surface area contributed by atoms with Gasteiger partial charge in [-0.1, -0.05) is 18.2 Å². The maximum atomic E-state index is 14.6. The molecular formula is C29H24FN7O. The van der Waals surface area contributed by atoms with E-state index in [0.29, 0.717) is 16.8 Å². The van der Waals surface area contributed by atoms with E-state index in [2.05, 4.69) is 30.5 Å². The highest BCUT2D eigenvalue weighted by Gasteiger charge is 2.18. The number of aromatic nitrogens is 6. The van der Waals surface area contributed by atoms with Crippen molar-refractivity contribution in [3.05, 3.63) is 79.1 Å². The normalized spacial score (nSPS) is 14.3. The number of benzene rings is 1. The van der Waals surface area contributed by atoms with Crippen LogP contribution in [0, 0.1) is 5.82 Å². The molecule has 0 aliphatic carbocycles. The smallest absolute Gasteiger partial charge is 0.138 e. The number of piperidine rings is 1. The first-order valence-electron chi connectivity index (χ1n) is 12.6. The number of nitrogens with zero attached hydrogens (tertiary/aromatic N) is 4. The Hall–Kier alpha value is -4.63. The lowest BCUT2D eigenvalue weighted by Crippen LogP contribution is -2.34. The van der Waals surface area contributed by atoms with Crippen LogP contribution in [0.2, 0.25) is 0 Å². The summed E-state index contributed by atoms with van der Waals surface area (Å²) in [5.74, 6) is 0.452. The van der Waals surface area contributed by atoms with Crippen molar-refractivity contribution < 1.29 is 9.13 Å². The van der Waals surface area contributed by atoms with Gasteiger partial charge < -0.3 is 15.0 Å². The number of halogens is 1. The molecule has 0 radical (unpaired) electrons. The molecule has 8 nitrogen and oxygen atoms in total. The van der Waals surface area contributed by atoms with Crippen molar-refractivity contribution in [1.29, 1.82) is 0 Å². The zero-order valence-corrected chi connectivity index (χ0v) is 20.4. The highest BCUT2D eigenvalue weighted by atomic mass is 19.1. The van der Waals surface area contributed by atoms with Crippen molar-refractivity contribution in [3.8, 4) is 39.5 Å². The molecular weight excluding hydrogens is 481 g/mol. The third kappa shape index (κ3) is 4.06. The van der Waals surface area contributed by atoms with Crippen molar-refractivity contribution in [1.82, 2.24) is 35.5 Å². The molecule has 1 saturated heterocycles. The minimum atomic E-state index is -0.291. The Kier molecular flexibility index (Phi) is 5.55. The molecule has 1 aliphatic rings. The fourth-order valence-corrected chi connectivity index (χ4v) is 5.05. The lowest BCUT2D eigenvalue weighted by atomic mass is 10.0. The van der Waals surface area contributed by atoms with Crippen LogP contribution in [0.4, 0.5) is 4.39 Å². The summed E-state index contributed by atoms with van der Waals surface area (Å²) in [5.41, 5.74) is 6.62. The number of H-pyrrole nitrogens is 2. The first kappa shape index (κ1) is 22.6. The first-order valence-corrected chi connectivity index (χ1v) is 12.6. The van der Waals surface area contributed by atoms with Gasteiger partial charge in [0.15, 0.2) is 0 Å². The molecule has 5 aromatic heterocycles. The van der Waals surface area contributed by atoms with Gasteiger partial charge in [0.25, 0.3) is 0 Å². The average Bonchev–Trinajstić information content (AvgIpc) is 3.58. The van der Waals surface area contributed by atoms with Crippen molar-refractivity contribution in [2.45, 2.75) is 18.9 Å². The van der Waals surface area contributed by atoms with E-state index in [4.69, 9.17) is 9.72 Å². The van der Waals surface area contributed by atoms with Crippen LogP contribution in [0.15, 0.2) is 73.3 Å². The van der Waals surface area contributed by atoms with Gasteiger partial charge in [-0.05, 0) is 56.3 Å². The molecule has 188 valence electrons. The number of pyridine rings is 3. The fourth-order valence-electron chi connectivity index (χ4n) is 5.05. The first-order chi connectivity index (χ1) is 18.7. The summed E-state index contributed by atoms with van der Waals surface area (Å²) in [7, 11) is 0. The van der Waals surface area contributed by atoms with Gasteiger partial charge in [0.1, 0.15) is 28.9 Å². The molecule has 1 fully saturated rings. The Morgan fingerprint density at radius 2 is 1.74 bits per heavy atom. The molecule has 1 aromatic carbocycles. The molecule has 0 atom stereocenters. The second-order valence-electron chi connectivity index (χ2n) is 9.45. The summed E-state index contributed by atoms with van der Waals surface area (Å²) in [6.07, 6.45) is 9.10. The van der Waals surface area contributed by atoms with Crippen LogP contribution in [0.1, 0.15) is 12.8 Å². The second kappa shape index (κ2) is 9.35. The molecule has 0 amide bonds. The van der Waals surface area contributed by atoms with E-state index in [9.17, 15) is 4.39 Å². The number of hydrogen-bond donors (Lipinski definition) is 3. The third-order valence-corrected chi connectivity index (χ3v) is 6.97. The second-order valence-corrected chi connectivity index (χ2v) is 9.45. The maximum Gasteiger partial charge on any atom is 0.138 e. The summed E-state index contributed by atoms with van der Waals surface area (Å²) in [5, 5.41) is 11.8. The average molecular weight is 506 g/mol. The number of ether oxygens (including phenoxy) is 1. The minimum absolute atomic E-state index is 0.190. The molecule has 0 saturated carbocycles. The quantitative estimate of drug-likeness (QED) is 0.286. The van der Waals surface area contributed by atoms with E-state index in [0.717, 1.165) is 70.6 Å². The van der Waals surface area contributed by atoms with Gasteiger partial charge in [-0.2, -0.15) is 5.10 Å². The summed E-state index contributed by atoms with van der Waals surface area (Å²) in [4.78, 5) is 17.1. The van der Waals surface area contributed by atoms with Gasteiger partial charge >= 0.3 is 0 Å². The Bertz CT molecular complexity index is 1770. The Morgan fingerprint density at radius 3 is 2.63 bits per heavy atom. The lowest BCUT2D eigenvalue weighted by Gasteiger charge is -2.23. The predicted octanol–water partition coefficient (Wildman–Crippen LogP) is 5.50. The van der Waals surface area contributed by atoms with Crippen LogP contribution in [0.25, 0.3) is 55.7 Å². The number of hydrogen-bond acceptors (Lipinski definition) is 6. The number of aromatic amines is 2. The van der Waals surface area contributed by atoms with Crippen LogP contribution in [0.5, 0.6) is 5.75 Å². The zero-order chi connectivity index (χ0) is 25.5. The van der Waals surface area contributed by atoms with Gasteiger partial charge in [0, 0.05) is 34.5 Å². The van der Waals surface area contributed by atoms with E-state index in [1.807, 2.05) is 30.3 Å². The van der Waals surface area contributed by atoms with Crippen molar-refractivity contribution in [2.75, 3.05) is 13.1 Å². The molecule has 0 unspecified atom stereocenters. The standard InChI is InChI=1S/C29H24FN7O/c30-23-4-2-1-3-20(23)22-15-33-16-27-21(22)12-26(34-27)29-28-25(36-37-29)6-5-24(35-28)17-11-19(14-32-13-17)38-18-7-9-31-10-8-18/h1-6,11-16,18,31,34H,7-10H2,(H,36,37). The number of nitrogens with one attached hydrogen (secondary N) is 3. The number of fused-ring (bicyclic) bond motifs is 2. The largest absolute Gasteiger partial charge is 0.489 e. The zero-order valence-electron chi connectivity index (χ0n) is 20.4. The summed E-state index contributed by atoms with van der Waals surface area (Å²) >= 11 is 0. The van der Waals surface area contributed by atoms with Crippen LogP contribution >= 0.6 is 0 Å². The van der Waals surface area contributed by atoms with E-state index in [-0.39, 0.29) is 11.9 Å². The lowest BCUT2D eigenvalue weighted by molar-refractivity contribution is 0.162. The summed E-state index contributed by atoms with van der Waals surface area (Å²) in [6.45, 7) is 1.93. The fraction of sp³-hybridized carbons (Fsp3) is 0.172. The molecule has 9 heteroatoms.